The second-order valence-electron chi connectivity index (χ2n) is 5.84. The Morgan fingerprint density at radius 3 is 2.69 bits per heavy atom. The number of nitrogens with one attached hydrogen (secondary N) is 2. The van der Waals surface area contributed by atoms with Crippen LogP contribution < -0.4 is 15.4 Å². The number of furan rings is 1. The Labute approximate surface area is 151 Å². The van der Waals surface area contributed by atoms with Gasteiger partial charge in [-0.05, 0) is 38.1 Å². The summed E-state index contributed by atoms with van der Waals surface area (Å²) >= 11 is 0. The van der Waals surface area contributed by atoms with Crippen LogP contribution in [0.15, 0.2) is 59.5 Å². The molecule has 2 N–H and O–H groups in total. The topological polar surface area (TPSA) is 89.3 Å². The normalized spacial score (nSPS) is 10.6. The highest BCUT2D eigenvalue weighted by Gasteiger charge is 2.12. The molecule has 7 heteroatoms. The largest absolute Gasteiger partial charge is 0.489 e. The van der Waals surface area contributed by atoms with Crippen LogP contribution >= 0.6 is 0 Å². The summed E-state index contributed by atoms with van der Waals surface area (Å²) in [6.07, 6.45) is 4.55. The van der Waals surface area contributed by atoms with E-state index < -0.39 is 0 Å². The minimum Gasteiger partial charge on any atom is -0.489 e. The SMILES string of the molecule is CC(C)Oc1ccccc1NC(=O)c1cnc(NCc2ccco2)cn1. The summed E-state index contributed by atoms with van der Waals surface area (Å²) in [6.45, 7) is 4.35. The molecule has 1 amide bonds. The van der Waals surface area contributed by atoms with Gasteiger partial charge in [0.25, 0.3) is 5.91 Å². The number of amides is 1. The molecule has 0 aliphatic carbocycles. The maximum absolute atomic E-state index is 12.4. The quantitative estimate of drug-likeness (QED) is 0.674. The van der Waals surface area contributed by atoms with Gasteiger partial charge >= 0.3 is 0 Å². The lowest BCUT2D eigenvalue weighted by molar-refractivity contribution is 0.102. The Bertz CT molecular complexity index is 845. The molecule has 0 bridgehead atoms. The smallest absolute Gasteiger partial charge is 0.275 e. The summed E-state index contributed by atoms with van der Waals surface area (Å²) in [6, 6.07) is 10.9. The molecule has 0 unspecified atom stereocenters. The molecule has 2 aromatic heterocycles. The maximum atomic E-state index is 12.4. The van der Waals surface area contributed by atoms with Crippen LogP contribution in [-0.4, -0.2) is 22.0 Å². The Morgan fingerprint density at radius 1 is 1.15 bits per heavy atom. The van der Waals surface area contributed by atoms with E-state index in [1.54, 1.807) is 12.3 Å². The number of carbonyl (C=O) groups excluding carboxylic acids is 1. The third kappa shape index (κ3) is 4.60. The number of hydrogen-bond acceptors (Lipinski definition) is 6. The van der Waals surface area contributed by atoms with Gasteiger partial charge in [0.2, 0.25) is 0 Å². The molecule has 2 heterocycles. The van der Waals surface area contributed by atoms with Crippen molar-refractivity contribution < 1.29 is 13.9 Å². The molecule has 0 saturated heterocycles. The molecule has 134 valence electrons. The van der Waals surface area contributed by atoms with E-state index in [2.05, 4.69) is 20.6 Å². The summed E-state index contributed by atoms with van der Waals surface area (Å²) < 4.78 is 10.9. The first-order valence-corrected chi connectivity index (χ1v) is 8.27. The van der Waals surface area contributed by atoms with Crippen molar-refractivity contribution in [3.05, 3.63) is 66.5 Å². The number of benzene rings is 1. The molecule has 0 aliphatic heterocycles. The Morgan fingerprint density at radius 2 is 2.00 bits per heavy atom. The summed E-state index contributed by atoms with van der Waals surface area (Å²) in [7, 11) is 0. The monoisotopic (exact) mass is 352 g/mol. The van der Waals surface area contributed by atoms with Crippen LogP contribution in [0.3, 0.4) is 0 Å². The van der Waals surface area contributed by atoms with Crippen LogP contribution in [0.2, 0.25) is 0 Å². The maximum Gasteiger partial charge on any atom is 0.275 e. The highest BCUT2D eigenvalue weighted by atomic mass is 16.5. The number of carbonyl (C=O) groups is 1. The van der Waals surface area contributed by atoms with Crippen LogP contribution in [0.25, 0.3) is 0 Å². The number of para-hydroxylation sites is 2. The molecular weight excluding hydrogens is 332 g/mol. The molecule has 0 atom stereocenters. The van der Waals surface area contributed by atoms with Gasteiger partial charge in [0, 0.05) is 0 Å². The molecular formula is C19H20N4O3. The second kappa shape index (κ2) is 8.15. The average Bonchev–Trinajstić information content (AvgIpc) is 3.15. The lowest BCUT2D eigenvalue weighted by atomic mass is 10.2. The molecule has 0 radical (unpaired) electrons. The van der Waals surface area contributed by atoms with E-state index in [-0.39, 0.29) is 17.7 Å². The van der Waals surface area contributed by atoms with E-state index in [0.29, 0.717) is 23.8 Å². The van der Waals surface area contributed by atoms with Gasteiger partial charge in [0.15, 0.2) is 0 Å². The fourth-order valence-corrected chi connectivity index (χ4v) is 2.24. The van der Waals surface area contributed by atoms with Crippen LogP contribution in [0, 0.1) is 0 Å². The van der Waals surface area contributed by atoms with Gasteiger partial charge < -0.3 is 19.8 Å². The zero-order chi connectivity index (χ0) is 18.4. The van der Waals surface area contributed by atoms with Crippen molar-refractivity contribution >= 4 is 17.4 Å². The zero-order valence-electron chi connectivity index (χ0n) is 14.6. The van der Waals surface area contributed by atoms with E-state index in [0.717, 1.165) is 5.76 Å². The number of hydrogen-bond donors (Lipinski definition) is 2. The van der Waals surface area contributed by atoms with Crippen LogP contribution in [0.4, 0.5) is 11.5 Å². The Balaban J connectivity index is 1.63. The third-order valence-corrected chi connectivity index (χ3v) is 3.41. The fourth-order valence-electron chi connectivity index (χ4n) is 2.24. The van der Waals surface area contributed by atoms with Crippen molar-refractivity contribution in [2.75, 3.05) is 10.6 Å². The van der Waals surface area contributed by atoms with Crippen molar-refractivity contribution in [1.29, 1.82) is 0 Å². The lowest BCUT2D eigenvalue weighted by Crippen LogP contribution is -2.16. The van der Waals surface area contributed by atoms with E-state index >= 15 is 0 Å². The summed E-state index contributed by atoms with van der Waals surface area (Å²) in [5.74, 6) is 1.60. The second-order valence-corrected chi connectivity index (χ2v) is 5.84. The van der Waals surface area contributed by atoms with E-state index in [1.165, 1.54) is 12.4 Å². The molecule has 0 fully saturated rings. The van der Waals surface area contributed by atoms with E-state index in [4.69, 9.17) is 9.15 Å². The summed E-state index contributed by atoms with van der Waals surface area (Å²) in [5, 5.41) is 5.88. The number of ether oxygens (including phenoxy) is 1. The van der Waals surface area contributed by atoms with Crippen molar-refractivity contribution in [2.45, 2.75) is 26.5 Å². The standard InChI is InChI=1S/C19H20N4O3/c1-13(2)26-17-8-4-3-7-15(17)23-19(24)16-11-22-18(12-20-16)21-10-14-6-5-9-25-14/h3-9,11-13H,10H2,1-2H3,(H,21,22)(H,23,24). The lowest BCUT2D eigenvalue weighted by Gasteiger charge is -2.14. The molecule has 0 spiro atoms. The molecule has 0 aliphatic rings. The first kappa shape index (κ1) is 17.5. The van der Waals surface area contributed by atoms with Crippen molar-refractivity contribution in [3.8, 4) is 5.75 Å². The highest BCUT2D eigenvalue weighted by molar-refractivity contribution is 6.03. The van der Waals surface area contributed by atoms with Crippen molar-refractivity contribution in [3.63, 3.8) is 0 Å². The van der Waals surface area contributed by atoms with E-state index in [1.807, 2.05) is 44.2 Å². The van der Waals surface area contributed by atoms with Crippen molar-refractivity contribution in [2.24, 2.45) is 0 Å². The molecule has 7 nitrogen and oxygen atoms in total. The number of rotatable bonds is 7. The first-order chi connectivity index (χ1) is 12.6. The molecule has 3 rings (SSSR count). The predicted molar refractivity (Wildman–Crippen MR) is 98.2 cm³/mol. The van der Waals surface area contributed by atoms with Crippen LogP contribution in [-0.2, 0) is 6.54 Å². The minimum absolute atomic E-state index is 0.00682. The number of nitrogens with zero attached hydrogens (tertiary/aromatic N) is 2. The first-order valence-electron chi connectivity index (χ1n) is 8.27. The van der Waals surface area contributed by atoms with Gasteiger partial charge in [-0.2, -0.15) is 0 Å². The zero-order valence-corrected chi connectivity index (χ0v) is 14.6. The molecule has 1 aromatic carbocycles. The van der Waals surface area contributed by atoms with Gasteiger partial charge in [-0.15, -0.1) is 0 Å². The van der Waals surface area contributed by atoms with Gasteiger partial charge in [-0.1, -0.05) is 12.1 Å². The Kier molecular flexibility index (Phi) is 5.48. The van der Waals surface area contributed by atoms with Gasteiger partial charge in [0.1, 0.15) is 23.0 Å². The van der Waals surface area contributed by atoms with Crippen molar-refractivity contribution in [1.82, 2.24) is 9.97 Å². The summed E-state index contributed by atoms with van der Waals surface area (Å²) in [5.41, 5.74) is 0.806. The number of anilines is 2. The highest BCUT2D eigenvalue weighted by Crippen LogP contribution is 2.25. The van der Waals surface area contributed by atoms with Crippen LogP contribution in [0.5, 0.6) is 5.75 Å². The van der Waals surface area contributed by atoms with Gasteiger partial charge in [-0.3, -0.25) is 4.79 Å². The summed E-state index contributed by atoms with van der Waals surface area (Å²) in [4.78, 5) is 20.8. The van der Waals surface area contributed by atoms with Crippen LogP contribution in [0.1, 0.15) is 30.1 Å². The molecule has 0 saturated carbocycles. The molecule has 26 heavy (non-hydrogen) atoms. The number of aromatic nitrogens is 2. The predicted octanol–water partition coefficient (Wildman–Crippen LogP) is 3.72. The van der Waals surface area contributed by atoms with E-state index in [9.17, 15) is 4.79 Å². The Hall–Kier alpha value is -3.35. The third-order valence-electron chi connectivity index (χ3n) is 3.41. The van der Waals surface area contributed by atoms with Gasteiger partial charge in [-0.25, -0.2) is 9.97 Å². The fraction of sp³-hybridized carbons (Fsp3) is 0.211. The van der Waals surface area contributed by atoms with Gasteiger partial charge in [0.05, 0.1) is 37.0 Å². The average molecular weight is 352 g/mol. The minimum atomic E-state index is -0.352. The molecule has 3 aromatic rings.